The van der Waals surface area contributed by atoms with Crippen LogP contribution in [0.5, 0.6) is 0 Å². The maximum atomic E-state index is 5.21. The van der Waals surface area contributed by atoms with E-state index in [1.165, 1.54) is 26.7 Å². The van der Waals surface area contributed by atoms with Crippen LogP contribution < -0.4 is 4.57 Å². The van der Waals surface area contributed by atoms with Crippen LogP contribution >= 0.6 is 22.9 Å². The van der Waals surface area contributed by atoms with Crippen molar-refractivity contribution in [1.29, 1.82) is 0 Å². The van der Waals surface area contributed by atoms with Crippen LogP contribution in [0.2, 0.25) is 0 Å². The van der Waals surface area contributed by atoms with Gasteiger partial charge < -0.3 is 0 Å². The van der Waals surface area contributed by atoms with E-state index in [9.17, 15) is 0 Å². The molecule has 0 aliphatic heterocycles. The highest BCUT2D eigenvalue weighted by Gasteiger charge is 2.24. The second kappa shape index (κ2) is 10.2. The van der Waals surface area contributed by atoms with Crippen molar-refractivity contribution in [3.8, 4) is 21.7 Å². The van der Waals surface area contributed by atoms with Gasteiger partial charge in [0.25, 0.3) is 0 Å². The largest absolute Gasteiger partial charge is 0.235 e. The highest BCUT2D eigenvalue weighted by Crippen LogP contribution is 2.35. The summed E-state index contributed by atoms with van der Waals surface area (Å²) in [6.07, 6.45) is 3.81. The third-order valence-electron chi connectivity index (χ3n) is 3.84. The normalized spacial score (nSPS) is 10.6. The van der Waals surface area contributed by atoms with Crippen molar-refractivity contribution in [1.82, 2.24) is 0 Å². The summed E-state index contributed by atoms with van der Waals surface area (Å²) in [6, 6.07) is 21.3. The van der Waals surface area contributed by atoms with Crippen molar-refractivity contribution in [3.63, 3.8) is 0 Å². The summed E-state index contributed by atoms with van der Waals surface area (Å²) in [5.74, 6) is 0.635. The fourth-order valence-corrected chi connectivity index (χ4v) is 4.05. The van der Waals surface area contributed by atoms with E-state index in [2.05, 4.69) is 79.1 Å². The Morgan fingerprint density at radius 3 is 1.96 bits per heavy atom. The molecule has 0 saturated heterocycles. The minimum absolute atomic E-state index is 0.635. The van der Waals surface area contributed by atoms with Gasteiger partial charge in [0.05, 0.1) is 0 Å². The molecule has 0 N–H and O–H groups in total. The Hall–Kier alpha value is -1.90. The molecule has 2 aromatic carbocycles. The van der Waals surface area contributed by atoms with Crippen molar-refractivity contribution in [2.75, 3.05) is 5.88 Å². The molecule has 1 aromatic heterocycles. The molecule has 0 spiro atoms. The van der Waals surface area contributed by atoms with Gasteiger partial charge in [0.2, 0.25) is 10.7 Å². The Morgan fingerprint density at radius 1 is 0.960 bits per heavy atom. The number of halogens is 1. The summed E-state index contributed by atoms with van der Waals surface area (Å²) in [6.45, 7) is 7.36. The molecule has 0 aliphatic carbocycles. The maximum absolute atomic E-state index is 5.21. The number of alkyl halides is 1. The monoisotopic (exact) mass is 370 g/mol. The molecule has 3 heteroatoms. The van der Waals surface area contributed by atoms with E-state index in [1.807, 2.05) is 30.4 Å². The number of hydrogen-bond donors (Lipinski definition) is 0. The number of rotatable bonds is 4. The zero-order chi connectivity index (χ0) is 18.1. The van der Waals surface area contributed by atoms with Crippen LogP contribution in [0.25, 0.3) is 21.7 Å². The minimum atomic E-state index is 0.635. The smallest absolute Gasteiger partial charge is 0.186 e. The summed E-state index contributed by atoms with van der Waals surface area (Å²) in [5, 5.41) is 1.35. The Labute approximate surface area is 160 Å². The highest BCUT2D eigenvalue weighted by molar-refractivity contribution is 7.15. The van der Waals surface area contributed by atoms with E-state index in [-0.39, 0.29) is 0 Å². The number of aromatic nitrogens is 1. The van der Waals surface area contributed by atoms with E-state index < -0.39 is 0 Å². The molecule has 0 aliphatic rings. The molecule has 3 rings (SSSR count). The Kier molecular flexibility index (Phi) is 7.90. The van der Waals surface area contributed by atoms with Gasteiger partial charge in [0.15, 0.2) is 0 Å². The number of aryl methyl sites for hydroxylation is 1. The Morgan fingerprint density at radius 2 is 1.52 bits per heavy atom. The first-order chi connectivity index (χ1) is 12.2. The molecule has 0 saturated carbocycles. The minimum Gasteiger partial charge on any atom is -0.186 e. The second-order valence-corrected chi connectivity index (χ2v) is 7.01. The second-order valence-electron chi connectivity index (χ2n) is 5.50. The molecule has 1 nitrogen and oxygen atoms in total. The van der Waals surface area contributed by atoms with E-state index in [0.29, 0.717) is 5.88 Å². The Balaban J connectivity index is 0.000000399. The zero-order valence-corrected chi connectivity index (χ0v) is 16.6. The van der Waals surface area contributed by atoms with Crippen LogP contribution in [0.1, 0.15) is 18.9 Å². The number of hydrogen-bond acceptors (Lipinski definition) is 1. The van der Waals surface area contributed by atoms with Gasteiger partial charge in [0, 0.05) is 18.4 Å². The zero-order valence-electron chi connectivity index (χ0n) is 15.1. The van der Waals surface area contributed by atoms with E-state index in [4.69, 9.17) is 11.6 Å². The summed E-state index contributed by atoms with van der Waals surface area (Å²) in [4.78, 5) is 1.36. The van der Waals surface area contributed by atoms with Gasteiger partial charge in [-0.2, -0.15) is 4.57 Å². The van der Waals surface area contributed by atoms with Crippen LogP contribution in [0.4, 0.5) is 0 Å². The molecule has 0 amide bonds. The lowest BCUT2D eigenvalue weighted by Gasteiger charge is -2.02. The average Bonchev–Trinajstić information content (AvgIpc) is 3.01. The molecular formula is C22H25ClNS+. The van der Waals surface area contributed by atoms with E-state index in [1.54, 1.807) is 0 Å². The quantitative estimate of drug-likeness (QED) is 0.280. The summed E-state index contributed by atoms with van der Waals surface area (Å²) >= 11 is 7.09. The number of nitrogens with zero attached hydrogens (tertiary/aromatic N) is 1. The molecule has 0 radical (unpaired) electrons. The fourth-order valence-electron chi connectivity index (χ4n) is 2.67. The first-order valence-electron chi connectivity index (χ1n) is 8.54. The number of allylic oxidation sites excluding steroid dienone is 2. The standard InChI is InChI=1S/C18H18NS.C4H7Cl/c1-3-19-14(2)20-18(16-12-8-5-9-13-16)17(19)15-10-6-4-7-11-15;1-2-3-4-5/h4-13H,3H2,1-2H3;2-3H,4H2,1H3/q+1;/b;3-2-. The molecular weight excluding hydrogens is 346 g/mol. The van der Waals surface area contributed by atoms with E-state index >= 15 is 0 Å². The van der Waals surface area contributed by atoms with Crippen LogP contribution in [0.15, 0.2) is 72.8 Å². The lowest BCUT2D eigenvalue weighted by Crippen LogP contribution is -2.35. The topological polar surface area (TPSA) is 3.88 Å². The lowest BCUT2D eigenvalue weighted by atomic mass is 10.1. The van der Waals surface area contributed by atoms with Crippen LogP contribution in [-0.2, 0) is 6.54 Å². The van der Waals surface area contributed by atoms with Crippen LogP contribution in [0, 0.1) is 6.92 Å². The van der Waals surface area contributed by atoms with Crippen molar-refractivity contribution in [2.24, 2.45) is 0 Å². The summed E-state index contributed by atoms with van der Waals surface area (Å²) in [5.41, 5.74) is 3.92. The van der Waals surface area contributed by atoms with Crippen LogP contribution in [-0.4, -0.2) is 5.88 Å². The molecule has 3 aromatic rings. The average molecular weight is 371 g/mol. The van der Waals surface area contributed by atoms with Gasteiger partial charge in [-0.25, -0.2) is 0 Å². The molecule has 25 heavy (non-hydrogen) atoms. The van der Waals surface area contributed by atoms with Gasteiger partial charge >= 0.3 is 0 Å². The number of thiazole rings is 1. The number of benzene rings is 2. The summed E-state index contributed by atoms with van der Waals surface area (Å²) < 4.78 is 2.41. The Bertz CT molecular complexity index is 792. The van der Waals surface area contributed by atoms with Crippen molar-refractivity contribution in [3.05, 3.63) is 77.8 Å². The predicted octanol–water partition coefficient (Wildman–Crippen LogP) is 6.50. The van der Waals surface area contributed by atoms with Crippen molar-refractivity contribution in [2.45, 2.75) is 27.3 Å². The molecule has 0 bridgehead atoms. The molecule has 130 valence electrons. The third kappa shape index (κ3) is 5.04. The van der Waals surface area contributed by atoms with Gasteiger partial charge in [0.1, 0.15) is 11.4 Å². The third-order valence-corrected chi connectivity index (χ3v) is 5.17. The highest BCUT2D eigenvalue weighted by atomic mass is 35.5. The molecule has 0 unspecified atom stereocenters. The molecule has 0 fully saturated rings. The first kappa shape index (κ1) is 19.4. The molecule has 0 atom stereocenters. The van der Waals surface area contributed by atoms with E-state index in [0.717, 1.165) is 6.54 Å². The fraction of sp³-hybridized carbons (Fsp3) is 0.227. The van der Waals surface area contributed by atoms with Gasteiger partial charge in [-0.1, -0.05) is 72.0 Å². The lowest BCUT2D eigenvalue weighted by molar-refractivity contribution is -0.683. The summed E-state index contributed by atoms with van der Waals surface area (Å²) in [7, 11) is 0. The molecule has 1 heterocycles. The van der Waals surface area contributed by atoms with Gasteiger partial charge in [-0.05, 0) is 31.5 Å². The van der Waals surface area contributed by atoms with Gasteiger partial charge in [-0.3, -0.25) is 0 Å². The predicted molar refractivity (Wildman–Crippen MR) is 111 cm³/mol. The van der Waals surface area contributed by atoms with Crippen molar-refractivity contribution < 1.29 is 4.57 Å². The van der Waals surface area contributed by atoms with Crippen LogP contribution in [0.3, 0.4) is 0 Å². The first-order valence-corrected chi connectivity index (χ1v) is 9.89. The van der Waals surface area contributed by atoms with Crippen molar-refractivity contribution >= 4 is 22.9 Å². The van der Waals surface area contributed by atoms with Gasteiger partial charge in [-0.15, -0.1) is 11.6 Å². The maximum Gasteiger partial charge on any atom is 0.235 e. The SMILES string of the molecule is C/C=C\CCl.CC[n+]1c(C)sc(-c2ccccc2)c1-c1ccccc1.